The van der Waals surface area contributed by atoms with E-state index in [0.717, 1.165) is 25.0 Å². The van der Waals surface area contributed by atoms with Crippen molar-refractivity contribution in [3.8, 4) is 18.1 Å². The third-order valence-corrected chi connectivity index (χ3v) is 6.15. The number of aliphatic hydroxyl groups is 1. The fourth-order valence-corrected chi connectivity index (χ4v) is 4.67. The predicted molar refractivity (Wildman–Crippen MR) is 90.7 cm³/mol. The van der Waals surface area contributed by atoms with Crippen LogP contribution in [0.25, 0.3) is 0 Å². The highest BCUT2D eigenvalue weighted by molar-refractivity contribution is 5.79. The Morgan fingerprint density at radius 3 is 2.75 bits per heavy atom. The predicted octanol–water partition coefficient (Wildman–Crippen LogP) is 2.68. The average Bonchev–Trinajstić information content (AvgIpc) is 2.62. The van der Waals surface area contributed by atoms with Gasteiger partial charge in [-0.3, -0.25) is 4.79 Å². The van der Waals surface area contributed by atoms with Gasteiger partial charge >= 0.3 is 5.97 Å². The van der Waals surface area contributed by atoms with Crippen LogP contribution in [0.3, 0.4) is 0 Å². The van der Waals surface area contributed by atoms with Gasteiger partial charge in [0.25, 0.3) is 0 Å². The number of terminal acetylenes is 1. The minimum Gasteiger partial charge on any atom is -0.497 e. The van der Waals surface area contributed by atoms with Gasteiger partial charge in [0.05, 0.1) is 14.2 Å². The Kier molecular flexibility index (Phi) is 4.09. The third kappa shape index (κ3) is 2.15. The lowest BCUT2D eigenvalue weighted by atomic mass is 9.52. The topological polar surface area (TPSA) is 55.8 Å². The summed E-state index contributed by atoms with van der Waals surface area (Å²) in [5, 5.41) is 11.4. The lowest BCUT2D eigenvalue weighted by molar-refractivity contribution is -0.179. The SMILES string of the molecule is C#CC1(O)C2CCc3cc(OC)ccc3C2CCC1(C)C(=O)OC. The van der Waals surface area contributed by atoms with Gasteiger partial charge in [-0.1, -0.05) is 12.0 Å². The molecule has 0 amide bonds. The van der Waals surface area contributed by atoms with Crippen molar-refractivity contribution >= 4 is 5.97 Å². The van der Waals surface area contributed by atoms with Crippen LogP contribution in [0, 0.1) is 23.7 Å². The van der Waals surface area contributed by atoms with Gasteiger partial charge in [-0.05, 0) is 61.8 Å². The molecule has 24 heavy (non-hydrogen) atoms. The molecule has 2 aliphatic carbocycles. The van der Waals surface area contributed by atoms with Crippen molar-refractivity contribution in [1.82, 2.24) is 0 Å². The zero-order valence-corrected chi connectivity index (χ0v) is 14.5. The summed E-state index contributed by atoms with van der Waals surface area (Å²) < 4.78 is 10.3. The maximum Gasteiger partial charge on any atom is 0.315 e. The molecule has 1 N–H and O–H groups in total. The summed E-state index contributed by atoms with van der Waals surface area (Å²) in [6.45, 7) is 1.73. The van der Waals surface area contributed by atoms with Crippen molar-refractivity contribution in [2.45, 2.75) is 44.1 Å². The molecule has 0 heterocycles. The van der Waals surface area contributed by atoms with Crippen LogP contribution in [-0.2, 0) is 16.0 Å². The number of benzene rings is 1. The molecule has 0 bridgehead atoms. The first-order chi connectivity index (χ1) is 11.4. The molecule has 4 nitrogen and oxygen atoms in total. The highest BCUT2D eigenvalue weighted by atomic mass is 16.5. The minimum absolute atomic E-state index is 0.151. The molecule has 0 saturated heterocycles. The molecular formula is C20H24O4. The van der Waals surface area contributed by atoms with E-state index in [1.165, 1.54) is 18.2 Å². The van der Waals surface area contributed by atoms with Crippen LogP contribution >= 0.6 is 0 Å². The molecule has 1 aromatic carbocycles. The normalized spacial score (nSPS) is 34.5. The number of ether oxygens (including phenoxy) is 2. The maximum atomic E-state index is 12.4. The Bertz CT molecular complexity index is 704. The fraction of sp³-hybridized carbons (Fsp3) is 0.550. The first-order valence-corrected chi connectivity index (χ1v) is 8.36. The van der Waals surface area contributed by atoms with E-state index in [1.807, 2.05) is 6.07 Å². The number of carbonyl (C=O) groups is 1. The van der Waals surface area contributed by atoms with E-state index in [-0.39, 0.29) is 11.8 Å². The van der Waals surface area contributed by atoms with E-state index >= 15 is 0 Å². The van der Waals surface area contributed by atoms with E-state index in [0.29, 0.717) is 6.42 Å². The second-order valence-electron chi connectivity index (χ2n) is 7.09. The number of carbonyl (C=O) groups excluding carboxylic acids is 1. The molecular weight excluding hydrogens is 304 g/mol. The van der Waals surface area contributed by atoms with E-state index in [2.05, 4.69) is 18.1 Å². The van der Waals surface area contributed by atoms with E-state index in [9.17, 15) is 9.90 Å². The highest BCUT2D eigenvalue weighted by Crippen LogP contribution is 2.57. The number of esters is 1. The van der Waals surface area contributed by atoms with Crippen LogP contribution in [0.2, 0.25) is 0 Å². The Hall–Kier alpha value is -1.99. The summed E-state index contributed by atoms with van der Waals surface area (Å²) in [7, 11) is 3.01. The number of hydrogen-bond acceptors (Lipinski definition) is 4. The molecule has 2 aliphatic rings. The van der Waals surface area contributed by atoms with Crippen LogP contribution < -0.4 is 4.74 Å². The number of fused-ring (bicyclic) bond motifs is 3. The van der Waals surface area contributed by atoms with Crippen LogP contribution in [0.4, 0.5) is 0 Å². The Morgan fingerprint density at radius 2 is 2.12 bits per heavy atom. The average molecular weight is 328 g/mol. The molecule has 1 saturated carbocycles. The molecule has 1 fully saturated rings. The third-order valence-electron chi connectivity index (χ3n) is 6.15. The van der Waals surface area contributed by atoms with Gasteiger partial charge < -0.3 is 14.6 Å². The largest absolute Gasteiger partial charge is 0.497 e. The number of aryl methyl sites for hydroxylation is 1. The van der Waals surface area contributed by atoms with Crippen molar-refractivity contribution in [3.05, 3.63) is 29.3 Å². The zero-order chi connectivity index (χ0) is 17.5. The van der Waals surface area contributed by atoms with Crippen LogP contribution in [-0.4, -0.2) is 30.9 Å². The molecule has 4 heteroatoms. The van der Waals surface area contributed by atoms with Gasteiger partial charge in [0.1, 0.15) is 16.8 Å². The van der Waals surface area contributed by atoms with E-state index in [4.69, 9.17) is 15.9 Å². The van der Waals surface area contributed by atoms with Crippen molar-refractivity contribution < 1.29 is 19.4 Å². The van der Waals surface area contributed by atoms with Gasteiger partial charge in [-0.15, -0.1) is 6.42 Å². The summed E-state index contributed by atoms with van der Waals surface area (Å²) >= 11 is 0. The molecule has 0 aliphatic heterocycles. The zero-order valence-electron chi connectivity index (χ0n) is 14.5. The molecule has 0 radical (unpaired) electrons. The molecule has 3 rings (SSSR count). The fourth-order valence-electron chi connectivity index (χ4n) is 4.67. The first kappa shape index (κ1) is 16.9. The lowest BCUT2D eigenvalue weighted by Crippen LogP contribution is -2.60. The van der Waals surface area contributed by atoms with Crippen molar-refractivity contribution in [3.63, 3.8) is 0 Å². The minimum atomic E-state index is -1.50. The molecule has 0 spiro atoms. The van der Waals surface area contributed by atoms with Gasteiger partial charge in [0.15, 0.2) is 0 Å². The summed E-state index contributed by atoms with van der Waals surface area (Å²) in [5.74, 6) is 2.98. The monoisotopic (exact) mass is 328 g/mol. The van der Waals surface area contributed by atoms with Gasteiger partial charge in [-0.25, -0.2) is 0 Å². The van der Waals surface area contributed by atoms with Gasteiger partial charge in [0.2, 0.25) is 0 Å². The summed E-state index contributed by atoms with van der Waals surface area (Å²) in [6, 6.07) is 6.08. The second-order valence-corrected chi connectivity index (χ2v) is 7.09. The van der Waals surface area contributed by atoms with Crippen LogP contribution in [0.15, 0.2) is 18.2 Å². The number of methoxy groups -OCH3 is 2. The van der Waals surface area contributed by atoms with E-state index < -0.39 is 17.0 Å². The van der Waals surface area contributed by atoms with Crippen molar-refractivity contribution in [1.29, 1.82) is 0 Å². The summed E-state index contributed by atoms with van der Waals surface area (Å²) in [5.41, 5.74) is -0.105. The lowest BCUT2D eigenvalue weighted by Gasteiger charge is -2.53. The molecule has 128 valence electrons. The Balaban J connectivity index is 2.04. The summed E-state index contributed by atoms with van der Waals surface area (Å²) in [4.78, 5) is 12.4. The maximum absolute atomic E-state index is 12.4. The quantitative estimate of drug-likeness (QED) is 0.670. The van der Waals surface area contributed by atoms with E-state index in [1.54, 1.807) is 14.0 Å². The number of hydrogen-bond donors (Lipinski definition) is 1. The summed E-state index contributed by atoms with van der Waals surface area (Å²) in [6.07, 6.45) is 8.63. The standard InChI is InChI=1S/C20H24O4/c1-5-20(22)17-9-6-13-12-14(23-3)7-8-15(13)16(17)10-11-19(20,2)18(21)24-4/h1,7-8,12,16-17,22H,6,9-11H2,2-4H3. The van der Waals surface area contributed by atoms with Gasteiger partial charge in [0, 0.05) is 5.92 Å². The Morgan fingerprint density at radius 1 is 1.38 bits per heavy atom. The number of rotatable bonds is 2. The van der Waals surface area contributed by atoms with Crippen molar-refractivity contribution in [2.75, 3.05) is 14.2 Å². The molecule has 4 atom stereocenters. The smallest absolute Gasteiger partial charge is 0.315 e. The van der Waals surface area contributed by atoms with Crippen LogP contribution in [0.1, 0.15) is 43.2 Å². The first-order valence-electron chi connectivity index (χ1n) is 8.36. The van der Waals surface area contributed by atoms with Gasteiger partial charge in [-0.2, -0.15) is 0 Å². The second kappa shape index (κ2) is 5.82. The molecule has 0 aromatic heterocycles. The Labute approximate surface area is 143 Å². The molecule has 4 unspecified atom stereocenters. The van der Waals surface area contributed by atoms with Crippen LogP contribution in [0.5, 0.6) is 5.75 Å². The van der Waals surface area contributed by atoms with Crippen molar-refractivity contribution in [2.24, 2.45) is 11.3 Å². The highest BCUT2D eigenvalue weighted by Gasteiger charge is 2.61. The molecule has 1 aromatic rings.